The molecule has 0 heterocycles. The molecule has 0 aliphatic rings. The highest BCUT2D eigenvalue weighted by Crippen LogP contribution is 2.23. The van der Waals surface area contributed by atoms with Gasteiger partial charge in [-0.25, -0.2) is 0 Å². The van der Waals surface area contributed by atoms with Gasteiger partial charge in [0.15, 0.2) is 5.60 Å². The summed E-state index contributed by atoms with van der Waals surface area (Å²) >= 11 is 0. The van der Waals surface area contributed by atoms with Gasteiger partial charge in [0.05, 0.1) is 0 Å². The van der Waals surface area contributed by atoms with E-state index in [2.05, 4.69) is 0 Å². The molecule has 3 nitrogen and oxygen atoms in total. The van der Waals surface area contributed by atoms with Crippen LogP contribution in [0.25, 0.3) is 0 Å². The molecule has 0 aliphatic heterocycles. The zero-order valence-electron chi connectivity index (χ0n) is 12.6. The van der Waals surface area contributed by atoms with E-state index in [-0.39, 0.29) is 18.2 Å². The van der Waals surface area contributed by atoms with Crippen LogP contribution in [0.2, 0.25) is 0 Å². The number of hydrogen-bond donors (Lipinski definition) is 0. The number of rotatable bonds is 4. The quantitative estimate of drug-likeness (QED) is 0.616. The van der Waals surface area contributed by atoms with Crippen molar-refractivity contribution in [1.29, 1.82) is 0 Å². The Labute approximate surface area is 115 Å². The van der Waals surface area contributed by atoms with Gasteiger partial charge in [0.2, 0.25) is 5.78 Å². The fourth-order valence-electron chi connectivity index (χ4n) is 2.00. The molecular formula is C16H22O3. The number of ether oxygens (including phenoxy) is 1. The summed E-state index contributed by atoms with van der Waals surface area (Å²) in [6.45, 7) is 10.8. The van der Waals surface area contributed by atoms with Gasteiger partial charge in [-0.1, -0.05) is 18.6 Å². The number of benzene rings is 1. The summed E-state index contributed by atoms with van der Waals surface area (Å²) in [7, 11) is 0. The first-order valence-corrected chi connectivity index (χ1v) is 6.53. The average molecular weight is 262 g/mol. The van der Waals surface area contributed by atoms with E-state index in [4.69, 9.17) is 4.74 Å². The second kappa shape index (κ2) is 5.55. The smallest absolute Gasteiger partial charge is 0.306 e. The minimum Gasteiger partial charge on any atom is -0.451 e. The number of ketones is 1. The van der Waals surface area contributed by atoms with E-state index >= 15 is 0 Å². The maximum absolute atomic E-state index is 12.6. The largest absolute Gasteiger partial charge is 0.451 e. The summed E-state index contributed by atoms with van der Waals surface area (Å²) in [5, 5.41) is 0. The lowest BCUT2D eigenvalue weighted by Crippen LogP contribution is -2.37. The number of carbonyl (C=O) groups is 2. The Hall–Kier alpha value is -1.64. The molecule has 0 bridgehead atoms. The third-order valence-corrected chi connectivity index (χ3v) is 3.26. The van der Waals surface area contributed by atoms with Crippen LogP contribution >= 0.6 is 0 Å². The van der Waals surface area contributed by atoms with Gasteiger partial charge >= 0.3 is 5.97 Å². The molecular weight excluding hydrogens is 240 g/mol. The standard InChI is InChI=1S/C16H22O3/c1-7-14(17)19-16(5,6)15(18)13-9-10(2)8-11(3)12(13)4/h8-9H,7H2,1-6H3. The number of hydrogen-bond acceptors (Lipinski definition) is 3. The molecule has 0 fully saturated rings. The van der Waals surface area contributed by atoms with E-state index in [1.54, 1.807) is 20.8 Å². The lowest BCUT2D eigenvalue weighted by molar-refractivity contribution is -0.152. The Morgan fingerprint density at radius 3 is 2.26 bits per heavy atom. The van der Waals surface area contributed by atoms with Crippen molar-refractivity contribution in [3.05, 3.63) is 34.4 Å². The zero-order chi connectivity index (χ0) is 14.8. The van der Waals surface area contributed by atoms with Gasteiger partial charge in [-0.2, -0.15) is 0 Å². The van der Waals surface area contributed by atoms with Crippen molar-refractivity contribution in [3.8, 4) is 0 Å². The zero-order valence-corrected chi connectivity index (χ0v) is 12.6. The van der Waals surface area contributed by atoms with Crippen LogP contribution in [0.15, 0.2) is 12.1 Å². The summed E-state index contributed by atoms with van der Waals surface area (Å²) in [4.78, 5) is 24.0. The number of esters is 1. The second-order valence-corrected chi connectivity index (χ2v) is 5.42. The summed E-state index contributed by atoms with van der Waals surface area (Å²) in [6, 6.07) is 3.89. The molecule has 0 aliphatic carbocycles. The van der Waals surface area contributed by atoms with Crippen LogP contribution in [0, 0.1) is 20.8 Å². The van der Waals surface area contributed by atoms with Gasteiger partial charge in [-0.3, -0.25) is 9.59 Å². The monoisotopic (exact) mass is 262 g/mol. The van der Waals surface area contributed by atoms with Crippen molar-refractivity contribution in [3.63, 3.8) is 0 Å². The summed E-state index contributed by atoms with van der Waals surface area (Å²) in [6.07, 6.45) is 0.266. The highest BCUT2D eigenvalue weighted by molar-refractivity contribution is 6.04. The first-order valence-electron chi connectivity index (χ1n) is 6.53. The van der Waals surface area contributed by atoms with Crippen molar-refractivity contribution >= 4 is 11.8 Å². The number of aryl methyl sites for hydroxylation is 2. The summed E-state index contributed by atoms with van der Waals surface area (Å²) < 4.78 is 5.25. The van der Waals surface area contributed by atoms with Crippen molar-refractivity contribution in [1.82, 2.24) is 0 Å². The molecule has 0 unspecified atom stereocenters. The normalized spacial score (nSPS) is 11.3. The van der Waals surface area contributed by atoms with Gasteiger partial charge in [-0.15, -0.1) is 0 Å². The molecule has 0 atom stereocenters. The molecule has 0 amide bonds. The van der Waals surface area contributed by atoms with Gasteiger partial charge in [0.1, 0.15) is 0 Å². The number of Topliss-reactive ketones (excluding diaryl/α,β-unsaturated/α-hetero) is 1. The van der Waals surface area contributed by atoms with E-state index in [9.17, 15) is 9.59 Å². The molecule has 0 N–H and O–H groups in total. The highest BCUT2D eigenvalue weighted by Gasteiger charge is 2.33. The molecule has 19 heavy (non-hydrogen) atoms. The summed E-state index contributed by atoms with van der Waals surface area (Å²) in [5.74, 6) is -0.515. The van der Waals surface area contributed by atoms with Crippen LogP contribution in [-0.2, 0) is 9.53 Å². The van der Waals surface area contributed by atoms with Crippen molar-refractivity contribution in [2.24, 2.45) is 0 Å². The Morgan fingerprint density at radius 1 is 1.16 bits per heavy atom. The minimum atomic E-state index is -1.13. The molecule has 0 spiro atoms. The molecule has 1 aromatic rings. The maximum atomic E-state index is 12.6. The SMILES string of the molecule is CCC(=O)OC(C)(C)C(=O)c1cc(C)cc(C)c1C. The fourth-order valence-corrected chi connectivity index (χ4v) is 2.00. The van der Waals surface area contributed by atoms with Crippen LogP contribution in [0.5, 0.6) is 0 Å². The predicted molar refractivity (Wildman–Crippen MR) is 75.4 cm³/mol. The third kappa shape index (κ3) is 3.43. The van der Waals surface area contributed by atoms with Gasteiger partial charge in [0, 0.05) is 12.0 Å². The predicted octanol–water partition coefficient (Wildman–Crippen LogP) is 3.53. The molecule has 3 heteroatoms. The summed E-state index contributed by atoms with van der Waals surface area (Å²) in [5.41, 5.74) is 2.55. The van der Waals surface area contributed by atoms with E-state index in [0.29, 0.717) is 5.56 Å². The van der Waals surface area contributed by atoms with Crippen LogP contribution in [0.1, 0.15) is 54.2 Å². The van der Waals surface area contributed by atoms with Crippen LogP contribution < -0.4 is 0 Å². The topological polar surface area (TPSA) is 43.4 Å². The van der Waals surface area contributed by atoms with Crippen molar-refractivity contribution < 1.29 is 14.3 Å². The van der Waals surface area contributed by atoms with E-state index in [0.717, 1.165) is 16.7 Å². The lowest BCUT2D eigenvalue weighted by atomic mass is 9.90. The Balaban J connectivity index is 3.16. The Kier molecular flexibility index (Phi) is 4.51. The average Bonchev–Trinajstić information content (AvgIpc) is 2.32. The molecule has 1 aromatic carbocycles. The number of carbonyl (C=O) groups excluding carboxylic acids is 2. The van der Waals surface area contributed by atoms with E-state index in [1.165, 1.54) is 0 Å². The van der Waals surface area contributed by atoms with Crippen LogP contribution in [0.4, 0.5) is 0 Å². The van der Waals surface area contributed by atoms with Crippen LogP contribution in [-0.4, -0.2) is 17.4 Å². The molecule has 0 saturated heterocycles. The first-order chi connectivity index (χ1) is 8.69. The lowest BCUT2D eigenvalue weighted by Gasteiger charge is -2.25. The minimum absolute atomic E-state index is 0.154. The van der Waals surface area contributed by atoms with Crippen LogP contribution in [0.3, 0.4) is 0 Å². The van der Waals surface area contributed by atoms with Gasteiger partial charge in [-0.05, 0) is 51.8 Å². The first kappa shape index (κ1) is 15.4. The second-order valence-electron chi connectivity index (χ2n) is 5.42. The highest BCUT2D eigenvalue weighted by atomic mass is 16.6. The maximum Gasteiger partial charge on any atom is 0.306 e. The van der Waals surface area contributed by atoms with Crippen molar-refractivity contribution in [2.75, 3.05) is 0 Å². The van der Waals surface area contributed by atoms with Gasteiger partial charge < -0.3 is 4.74 Å². The Bertz CT molecular complexity index is 513. The van der Waals surface area contributed by atoms with Crippen molar-refractivity contribution in [2.45, 2.75) is 53.6 Å². The van der Waals surface area contributed by atoms with E-state index < -0.39 is 5.60 Å². The fraction of sp³-hybridized carbons (Fsp3) is 0.500. The molecule has 1 rings (SSSR count). The third-order valence-electron chi connectivity index (χ3n) is 3.26. The van der Waals surface area contributed by atoms with Gasteiger partial charge in [0.25, 0.3) is 0 Å². The molecule has 0 saturated carbocycles. The molecule has 0 aromatic heterocycles. The Morgan fingerprint density at radius 2 is 1.74 bits per heavy atom. The molecule has 104 valence electrons. The molecule has 0 radical (unpaired) electrons. The van der Waals surface area contributed by atoms with E-state index in [1.807, 2.05) is 32.9 Å².